The van der Waals surface area contributed by atoms with Crippen LogP contribution in [0.4, 0.5) is 34.9 Å². The molecule has 17 heteroatoms. The number of rotatable bonds is 9. The van der Waals surface area contributed by atoms with Crippen molar-refractivity contribution in [3.05, 3.63) is 57.1 Å². The Morgan fingerprint density at radius 3 is 2.43 bits per heavy atom. The highest BCUT2D eigenvalue weighted by Crippen LogP contribution is 2.38. The topological polar surface area (TPSA) is 133 Å². The molecule has 2 aromatic heterocycles. The number of nitrogens with zero attached hydrogens (tertiary/aromatic N) is 6. The monoisotopic (exact) mass is 723 g/mol. The van der Waals surface area contributed by atoms with Crippen molar-refractivity contribution >= 4 is 69.1 Å². The van der Waals surface area contributed by atoms with Gasteiger partial charge in [0.25, 0.3) is 11.8 Å². The van der Waals surface area contributed by atoms with E-state index < -0.39 is 29.6 Å². The summed E-state index contributed by atoms with van der Waals surface area (Å²) >= 11 is 13.2. The van der Waals surface area contributed by atoms with Crippen LogP contribution in [0.2, 0.25) is 10.0 Å². The molecule has 4 aromatic rings. The lowest BCUT2D eigenvalue weighted by Gasteiger charge is -2.25. The van der Waals surface area contributed by atoms with Crippen LogP contribution in [-0.4, -0.2) is 61.2 Å². The number of halogens is 6. The number of benzene rings is 2. The average molecular weight is 725 g/mol. The molecule has 0 aliphatic heterocycles. The molecule has 1 aliphatic rings. The van der Waals surface area contributed by atoms with Crippen LogP contribution in [0.25, 0.3) is 11.0 Å². The fourth-order valence-electron chi connectivity index (χ4n) is 5.52. The molecule has 0 bridgehead atoms. The number of aromatic amines is 1. The van der Waals surface area contributed by atoms with Crippen molar-refractivity contribution in [3.63, 3.8) is 0 Å². The summed E-state index contributed by atoms with van der Waals surface area (Å²) in [5.74, 6) is -1.40. The summed E-state index contributed by atoms with van der Waals surface area (Å²) in [7, 11) is 3.50. The molecular weight excluding hydrogens is 689 g/mol. The number of H-pyrrole nitrogens is 1. The Hall–Kier alpha value is -4.24. The zero-order chi connectivity index (χ0) is 35.8. The molecule has 0 spiro atoms. The third kappa shape index (κ3) is 8.15. The molecule has 0 atom stereocenters. The summed E-state index contributed by atoms with van der Waals surface area (Å²) in [5, 5.41) is 13.1. The first-order chi connectivity index (χ1) is 22.9. The molecule has 5 rings (SSSR count). The van der Waals surface area contributed by atoms with Crippen LogP contribution in [0.5, 0.6) is 0 Å². The van der Waals surface area contributed by atoms with Gasteiger partial charge in [-0.3, -0.25) is 14.7 Å². The first-order valence-electron chi connectivity index (χ1n) is 15.4. The van der Waals surface area contributed by atoms with E-state index in [0.717, 1.165) is 13.8 Å². The number of imidazole rings is 1. The lowest BCUT2D eigenvalue weighted by Crippen LogP contribution is -2.38. The van der Waals surface area contributed by atoms with Crippen LogP contribution < -0.4 is 15.5 Å². The number of fused-ring (bicyclic) bond motifs is 1. The molecular formula is C32H35Cl2F4N9O2. The van der Waals surface area contributed by atoms with Gasteiger partial charge >= 0.3 is 6.18 Å². The molecule has 1 aliphatic carbocycles. The van der Waals surface area contributed by atoms with Crippen molar-refractivity contribution in [1.82, 2.24) is 30.0 Å². The van der Waals surface area contributed by atoms with Crippen LogP contribution >= 0.6 is 23.2 Å². The predicted octanol–water partition coefficient (Wildman–Crippen LogP) is 7.38. The minimum Gasteiger partial charge on any atom is -0.366 e. The molecule has 0 saturated heterocycles. The van der Waals surface area contributed by atoms with Crippen LogP contribution in [-0.2, 0) is 24.9 Å². The summed E-state index contributed by atoms with van der Waals surface area (Å²) in [4.78, 5) is 40.8. The quantitative estimate of drug-likeness (QED) is 0.154. The fourth-order valence-corrected chi connectivity index (χ4v) is 6.05. The minimum atomic E-state index is -4.28. The Kier molecular flexibility index (Phi) is 10.3. The Morgan fingerprint density at radius 2 is 1.82 bits per heavy atom. The SMILES string of the molecule is Cc1nc(CN(C)c2cc3c(cc2C(=O)N=C2CCC(C(F)(F)F)CC2)nc(Nc2c(Cl)ccc(CNC(=O)C(C)(C)F)c2Cl)n3C)n[nH]1. The Balaban J connectivity index is 1.49. The lowest BCUT2D eigenvalue weighted by atomic mass is 9.87. The summed E-state index contributed by atoms with van der Waals surface area (Å²) < 4.78 is 55.4. The van der Waals surface area contributed by atoms with Crippen molar-refractivity contribution in [2.24, 2.45) is 18.0 Å². The Bertz CT molecular complexity index is 1920. The fraction of sp³-hybridized carbons (Fsp3) is 0.438. The summed E-state index contributed by atoms with van der Waals surface area (Å²) in [6.07, 6.45) is -4.36. The molecule has 3 N–H and O–H groups in total. The van der Waals surface area contributed by atoms with E-state index in [2.05, 4.69) is 35.8 Å². The van der Waals surface area contributed by atoms with E-state index in [1.807, 2.05) is 0 Å². The Labute approximate surface area is 289 Å². The third-order valence-electron chi connectivity index (χ3n) is 8.33. The molecule has 11 nitrogen and oxygen atoms in total. The van der Waals surface area contributed by atoms with Gasteiger partial charge in [0, 0.05) is 26.4 Å². The number of aromatic nitrogens is 5. The second-order valence-corrected chi connectivity index (χ2v) is 13.3. The number of carbonyl (C=O) groups is 2. The maximum Gasteiger partial charge on any atom is 0.391 e. The molecule has 2 aromatic carbocycles. The minimum absolute atomic E-state index is 0.0513. The van der Waals surface area contributed by atoms with E-state index in [0.29, 0.717) is 51.3 Å². The molecule has 1 saturated carbocycles. The number of hydrogen-bond acceptors (Lipinski definition) is 7. The summed E-state index contributed by atoms with van der Waals surface area (Å²) in [6.45, 7) is 4.25. The van der Waals surface area contributed by atoms with E-state index in [9.17, 15) is 27.2 Å². The number of aliphatic imine (C=N–C) groups is 1. The van der Waals surface area contributed by atoms with Gasteiger partial charge in [0.1, 0.15) is 5.82 Å². The standard InChI is InChI=1S/C32H35Cl2F4N9O2/c1-16-40-25(45-44-16)15-46(4)23-13-24-22(12-20(23)28(48)41-19-9-7-18(8-10-19)32(36,37)38)42-30(47(24)5)43-27-21(33)11-6-17(26(27)34)14-39-29(49)31(2,3)35/h6,11-13,18H,7-10,14-15H2,1-5H3,(H,39,49)(H,42,43)(H,40,44,45). The molecule has 0 radical (unpaired) electrons. The van der Waals surface area contributed by atoms with Crippen LogP contribution in [0.15, 0.2) is 29.3 Å². The second-order valence-electron chi connectivity index (χ2n) is 12.5. The van der Waals surface area contributed by atoms with Gasteiger partial charge in [-0.1, -0.05) is 29.3 Å². The molecule has 0 unspecified atom stereocenters. The van der Waals surface area contributed by atoms with Gasteiger partial charge in [0.2, 0.25) is 5.95 Å². The van der Waals surface area contributed by atoms with Gasteiger partial charge in [-0.15, -0.1) is 0 Å². The van der Waals surface area contributed by atoms with Gasteiger partial charge in [0.15, 0.2) is 11.5 Å². The number of carbonyl (C=O) groups excluding carboxylic acids is 2. The number of alkyl halides is 4. The van der Waals surface area contributed by atoms with Crippen LogP contribution in [0.1, 0.15) is 67.1 Å². The maximum atomic E-state index is 14.0. The summed E-state index contributed by atoms with van der Waals surface area (Å²) in [6, 6.07) is 6.53. The zero-order valence-electron chi connectivity index (χ0n) is 27.4. The van der Waals surface area contributed by atoms with Gasteiger partial charge in [-0.25, -0.2) is 19.4 Å². The highest BCUT2D eigenvalue weighted by Gasteiger charge is 2.41. The number of amides is 2. The first kappa shape index (κ1) is 36.1. The van der Waals surface area contributed by atoms with Crippen LogP contribution in [0, 0.1) is 12.8 Å². The van der Waals surface area contributed by atoms with Crippen molar-refractivity contribution in [2.45, 2.75) is 71.4 Å². The number of nitrogens with one attached hydrogen (secondary N) is 3. The van der Waals surface area contributed by atoms with Gasteiger partial charge in [-0.2, -0.15) is 18.3 Å². The van der Waals surface area contributed by atoms with Crippen molar-refractivity contribution in [2.75, 3.05) is 17.3 Å². The molecule has 49 heavy (non-hydrogen) atoms. The lowest BCUT2D eigenvalue weighted by molar-refractivity contribution is -0.178. The molecule has 1 fully saturated rings. The van der Waals surface area contributed by atoms with E-state index in [1.54, 1.807) is 54.8 Å². The molecule has 2 amide bonds. The first-order valence-corrected chi connectivity index (χ1v) is 16.2. The van der Waals surface area contributed by atoms with Gasteiger partial charge in [-0.05, 0) is 70.2 Å². The van der Waals surface area contributed by atoms with Crippen LogP contribution in [0.3, 0.4) is 0 Å². The molecule has 262 valence electrons. The van der Waals surface area contributed by atoms with Gasteiger partial charge < -0.3 is 20.1 Å². The number of anilines is 3. The van der Waals surface area contributed by atoms with E-state index in [4.69, 9.17) is 23.2 Å². The highest BCUT2D eigenvalue weighted by atomic mass is 35.5. The smallest absolute Gasteiger partial charge is 0.366 e. The summed E-state index contributed by atoms with van der Waals surface area (Å²) in [5.41, 5.74) is 0.825. The van der Waals surface area contributed by atoms with E-state index in [1.165, 1.54) is 0 Å². The van der Waals surface area contributed by atoms with Crippen molar-refractivity contribution < 1.29 is 27.2 Å². The normalized spacial score (nSPS) is 15.4. The van der Waals surface area contributed by atoms with Crippen molar-refractivity contribution in [1.29, 1.82) is 0 Å². The van der Waals surface area contributed by atoms with E-state index in [-0.39, 0.29) is 54.4 Å². The largest absolute Gasteiger partial charge is 0.391 e. The van der Waals surface area contributed by atoms with E-state index >= 15 is 0 Å². The predicted molar refractivity (Wildman–Crippen MR) is 180 cm³/mol. The van der Waals surface area contributed by atoms with Crippen molar-refractivity contribution in [3.8, 4) is 0 Å². The maximum absolute atomic E-state index is 14.0. The highest BCUT2D eigenvalue weighted by molar-refractivity contribution is 6.39. The number of hydrogen-bond donors (Lipinski definition) is 3. The number of aryl methyl sites for hydroxylation is 2. The Morgan fingerprint density at radius 1 is 1.12 bits per heavy atom. The second kappa shape index (κ2) is 13.9. The molecule has 2 heterocycles. The zero-order valence-corrected chi connectivity index (χ0v) is 28.9. The average Bonchev–Trinajstić information content (AvgIpc) is 3.58. The third-order valence-corrected chi connectivity index (χ3v) is 9.08. The van der Waals surface area contributed by atoms with Gasteiger partial charge in [0.05, 0.1) is 50.5 Å².